The van der Waals surface area contributed by atoms with Gasteiger partial charge in [-0.2, -0.15) is 0 Å². The van der Waals surface area contributed by atoms with Crippen LogP contribution < -0.4 is 0 Å². The third-order valence-electron chi connectivity index (χ3n) is 10.7. The smallest absolute Gasteiger partial charge is 0.142 e. The molecule has 1 N–H and O–H groups in total. The highest BCUT2D eigenvalue weighted by atomic mass is 16.3. The van der Waals surface area contributed by atoms with E-state index < -0.39 is 5.41 Å². The fourth-order valence-electron chi connectivity index (χ4n) is 8.98. The molecule has 0 unspecified atom stereocenters. The van der Waals surface area contributed by atoms with E-state index >= 15 is 0 Å². The maximum Gasteiger partial charge on any atom is 0.142 e. The summed E-state index contributed by atoms with van der Waals surface area (Å²) in [6, 6.07) is 0. The Bertz CT molecular complexity index is 785. The van der Waals surface area contributed by atoms with Crippen molar-refractivity contribution in [3.8, 4) is 0 Å². The van der Waals surface area contributed by atoms with Crippen LogP contribution in [0.3, 0.4) is 0 Å². The summed E-state index contributed by atoms with van der Waals surface area (Å²) in [5, 5.41) is 11.5. The number of allylic oxidation sites excluding steroid dienone is 3. The molecule has 174 valence electrons. The van der Waals surface area contributed by atoms with Gasteiger partial charge in [0.15, 0.2) is 0 Å². The van der Waals surface area contributed by atoms with Gasteiger partial charge in [-0.1, -0.05) is 44.1 Å². The highest BCUT2D eigenvalue weighted by Gasteiger charge is 2.63. The molecule has 0 saturated heterocycles. The molecule has 0 bridgehead atoms. The summed E-state index contributed by atoms with van der Waals surface area (Å²) >= 11 is 0. The van der Waals surface area contributed by atoms with Gasteiger partial charge in [0.2, 0.25) is 0 Å². The normalized spacial score (nSPS) is 44.6. The number of carbonyl (C=O) groups excluding carboxylic acids is 1. The first-order valence-electron chi connectivity index (χ1n) is 13.0. The fraction of sp³-hybridized carbons (Fsp3) is 0.828. The predicted molar refractivity (Wildman–Crippen MR) is 129 cm³/mol. The van der Waals surface area contributed by atoms with Crippen molar-refractivity contribution in [2.24, 2.45) is 45.8 Å². The van der Waals surface area contributed by atoms with Gasteiger partial charge in [-0.3, -0.25) is 4.79 Å². The van der Waals surface area contributed by atoms with Crippen LogP contribution in [0, 0.1) is 45.8 Å². The zero-order chi connectivity index (χ0) is 22.8. The van der Waals surface area contributed by atoms with Crippen molar-refractivity contribution in [1.82, 2.24) is 0 Å². The minimum atomic E-state index is -0.419. The van der Waals surface area contributed by atoms with Gasteiger partial charge in [0.25, 0.3) is 0 Å². The minimum Gasteiger partial charge on any atom is -0.389 e. The largest absolute Gasteiger partial charge is 0.389 e. The van der Waals surface area contributed by atoms with Crippen molar-refractivity contribution < 1.29 is 9.90 Å². The van der Waals surface area contributed by atoms with E-state index in [2.05, 4.69) is 60.6 Å². The molecule has 0 spiro atoms. The van der Waals surface area contributed by atoms with Crippen LogP contribution in [0.1, 0.15) is 99.8 Å². The molecule has 0 aromatic carbocycles. The Morgan fingerprint density at radius 2 is 1.84 bits per heavy atom. The van der Waals surface area contributed by atoms with Crippen molar-refractivity contribution in [3.05, 3.63) is 23.3 Å². The molecule has 31 heavy (non-hydrogen) atoms. The molecule has 0 aliphatic heterocycles. The maximum absolute atomic E-state index is 12.7. The van der Waals surface area contributed by atoms with E-state index in [-0.39, 0.29) is 11.5 Å². The van der Waals surface area contributed by atoms with Crippen molar-refractivity contribution in [3.63, 3.8) is 0 Å². The van der Waals surface area contributed by atoms with Crippen molar-refractivity contribution in [2.75, 3.05) is 0 Å². The van der Waals surface area contributed by atoms with Crippen LogP contribution in [-0.2, 0) is 4.79 Å². The van der Waals surface area contributed by atoms with E-state index in [1.54, 1.807) is 0 Å². The van der Waals surface area contributed by atoms with Crippen LogP contribution in [0.4, 0.5) is 0 Å². The molecule has 0 radical (unpaired) electrons. The van der Waals surface area contributed by atoms with Gasteiger partial charge in [-0.05, 0) is 113 Å². The van der Waals surface area contributed by atoms with Crippen molar-refractivity contribution >= 4 is 5.78 Å². The molecule has 0 aromatic heterocycles. The Kier molecular flexibility index (Phi) is 5.90. The van der Waals surface area contributed by atoms with E-state index in [9.17, 15) is 9.90 Å². The van der Waals surface area contributed by atoms with Crippen molar-refractivity contribution in [2.45, 2.75) is 106 Å². The second-order valence-corrected chi connectivity index (χ2v) is 12.9. The summed E-state index contributed by atoms with van der Waals surface area (Å²) in [5.74, 6) is 3.38. The zero-order valence-corrected chi connectivity index (χ0v) is 21.1. The first-order valence-corrected chi connectivity index (χ1v) is 13.0. The number of ketones is 1. The number of fused-ring (bicyclic) bond motifs is 5. The van der Waals surface area contributed by atoms with E-state index in [1.807, 2.05) is 0 Å². The molecule has 2 nitrogen and oxygen atoms in total. The quantitative estimate of drug-likeness (QED) is 0.486. The molecule has 3 saturated carbocycles. The lowest BCUT2D eigenvalue weighted by Gasteiger charge is -2.61. The summed E-state index contributed by atoms with van der Waals surface area (Å²) in [7, 11) is 0. The average Bonchev–Trinajstić information content (AvgIpc) is 3.04. The molecule has 4 rings (SSSR count). The van der Waals surface area contributed by atoms with E-state index in [0.29, 0.717) is 35.4 Å². The zero-order valence-electron chi connectivity index (χ0n) is 21.1. The van der Waals surface area contributed by atoms with Crippen LogP contribution in [0.2, 0.25) is 0 Å². The first kappa shape index (κ1) is 23.3. The van der Waals surface area contributed by atoms with Gasteiger partial charge in [0, 0.05) is 11.8 Å². The molecule has 2 heteroatoms. The number of Topliss-reactive ketones (excluding diaryl/α,β-unsaturated/α-hetero) is 1. The van der Waals surface area contributed by atoms with Crippen molar-refractivity contribution in [1.29, 1.82) is 0 Å². The molecule has 4 aliphatic rings. The van der Waals surface area contributed by atoms with E-state index in [1.165, 1.54) is 49.7 Å². The summed E-state index contributed by atoms with van der Waals surface area (Å²) in [5.41, 5.74) is 2.69. The summed E-state index contributed by atoms with van der Waals surface area (Å²) < 4.78 is 0. The molecule has 0 aromatic rings. The van der Waals surface area contributed by atoms with Gasteiger partial charge in [-0.25, -0.2) is 0 Å². The SMILES string of the molecule is CC(C)=CCC[C@@H](C)[C@H]1CC[C@H]2[C@@H]3[C@@H](O)C=C4C(C)(C)C(=O)CC[C@]4(C)[C@H]3CC[C@]12C. The second-order valence-electron chi connectivity index (χ2n) is 12.9. The van der Waals surface area contributed by atoms with E-state index in [4.69, 9.17) is 0 Å². The fourth-order valence-corrected chi connectivity index (χ4v) is 8.98. The Morgan fingerprint density at radius 3 is 2.52 bits per heavy atom. The molecule has 0 heterocycles. The predicted octanol–water partition coefficient (Wildman–Crippen LogP) is 7.12. The minimum absolute atomic E-state index is 0.0792. The van der Waals surface area contributed by atoms with Crippen LogP contribution in [-0.4, -0.2) is 17.0 Å². The third kappa shape index (κ3) is 3.51. The van der Waals surface area contributed by atoms with Crippen LogP contribution in [0.15, 0.2) is 23.3 Å². The summed E-state index contributed by atoms with van der Waals surface area (Å²) in [4.78, 5) is 12.7. The number of carbonyl (C=O) groups is 1. The Labute approximate surface area is 191 Å². The Morgan fingerprint density at radius 1 is 1.13 bits per heavy atom. The molecule has 3 fully saturated rings. The van der Waals surface area contributed by atoms with Crippen LogP contribution >= 0.6 is 0 Å². The van der Waals surface area contributed by atoms with E-state index in [0.717, 1.165) is 18.3 Å². The van der Waals surface area contributed by atoms with Crippen LogP contribution in [0.25, 0.3) is 0 Å². The summed E-state index contributed by atoms with van der Waals surface area (Å²) in [6.07, 6.45) is 13.4. The lowest BCUT2D eigenvalue weighted by Crippen LogP contribution is -2.57. The highest BCUT2D eigenvalue weighted by molar-refractivity contribution is 5.89. The molecular weight excluding hydrogens is 380 g/mol. The van der Waals surface area contributed by atoms with Gasteiger partial charge < -0.3 is 5.11 Å². The first-order chi connectivity index (χ1) is 14.4. The number of aliphatic hydroxyl groups excluding tert-OH is 1. The average molecular weight is 427 g/mol. The molecular formula is C29H46O2. The Balaban J connectivity index is 1.61. The highest BCUT2D eigenvalue weighted by Crippen LogP contribution is 2.68. The molecule has 4 aliphatic carbocycles. The lowest BCUT2D eigenvalue weighted by molar-refractivity contribution is -0.135. The monoisotopic (exact) mass is 426 g/mol. The Hall–Kier alpha value is -0.890. The van der Waals surface area contributed by atoms with Gasteiger partial charge >= 0.3 is 0 Å². The number of hydrogen-bond donors (Lipinski definition) is 1. The molecule has 0 amide bonds. The second kappa shape index (κ2) is 7.86. The number of aliphatic hydroxyl groups is 1. The lowest BCUT2D eigenvalue weighted by atomic mass is 9.44. The van der Waals surface area contributed by atoms with Gasteiger partial charge in [-0.15, -0.1) is 0 Å². The van der Waals surface area contributed by atoms with Crippen LogP contribution in [0.5, 0.6) is 0 Å². The molecule has 8 atom stereocenters. The third-order valence-corrected chi connectivity index (χ3v) is 10.7. The standard InChI is InChI=1S/C29H46O2/c1-18(2)9-8-10-19(3)20-11-12-21-26-22(13-15-28(20,21)6)29(7)16-14-25(31)27(4,5)24(29)17-23(26)30/h9,17,19-23,26,30H,8,10-16H2,1-7H3/t19-,20-,21+,22+,23+,26+,28-,29-/m1/s1. The van der Waals surface area contributed by atoms with Gasteiger partial charge in [0.1, 0.15) is 5.78 Å². The summed E-state index contributed by atoms with van der Waals surface area (Å²) in [6.45, 7) is 16.1. The van der Waals surface area contributed by atoms with Gasteiger partial charge in [0.05, 0.1) is 6.10 Å². The maximum atomic E-state index is 12.7. The topological polar surface area (TPSA) is 37.3 Å². The number of rotatable bonds is 4. The number of hydrogen-bond acceptors (Lipinski definition) is 2.